The first-order valence-electron chi connectivity index (χ1n) is 6.40. The van der Waals surface area contributed by atoms with Crippen LogP contribution in [0.25, 0.3) is 0 Å². The Morgan fingerprint density at radius 3 is 2.65 bits per heavy atom. The van der Waals surface area contributed by atoms with Gasteiger partial charge in [0.15, 0.2) is 0 Å². The Morgan fingerprint density at radius 1 is 1.35 bits per heavy atom. The molecule has 0 N–H and O–H groups in total. The second-order valence-corrected chi connectivity index (χ2v) is 4.96. The molecule has 1 aliphatic heterocycles. The van der Waals surface area contributed by atoms with Crippen LogP contribution in [0.5, 0.6) is 5.75 Å². The Kier molecular flexibility index (Phi) is 5.23. The van der Waals surface area contributed by atoms with E-state index in [9.17, 15) is 4.79 Å². The lowest BCUT2D eigenvalue weighted by Gasteiger charge is -2.27. The minimum atomic E-state index is -0.451. The lowest BCUT2D eigenvalue weighted by atomic mass is 10.1. The predicted octanol–water partition coefficient (Wildman–Crippen LogP) is 1.97. The largest absolute Gasteiger partial charge is 0.496 e. The Balaban J connectivity index is 2.30. The van der Waals surface area contributed by atoms with Gasteiger partial charge in [0.1, 0.15) is 11.3 Å². The zero-order valence-corrected chi connectivity index (χ0v) is 12.4. The van der Waals surface area contributed by atoms with Crippen molar-refractivity contribution in [3.8, 4) is 5.75 Å². The fourth-order valence-electron chi connectivity index (χ4n) is 2.27. The second kappa shape index (κ2) is 6.92. The van der Waals surface area contributed by atoms with Crippen LogP contribution < -0.4 is 4.74 Å². The number of hydrogen-bond acceptors (Lipinski definition) is 5. The number of ether oxygens (including phenoxy) is 3. The van der Waals surface area contributed by atoms with Gasteiger partial charge in [-0.3, -0.25) is 4.90 Å². The monoisotopic (exact) mass is 299 g/mol. The SMILES string of the molecule is COC(=O)c1cc(Cl)cc(CN2CCOCC2)c1OC. The molecule has 20 heavy (non-hydrogen) atoms. The first-order valence-corrected chi connectivity index (χ1v) is 6.78. The zero-order valence-electron chi connectivity index (χ0n) is 11.6. The summed E-state index contributed by atoms with van der Waals surface area (Å²) in [5.41, 5.74) is 1.23. The van der Waals surface area contributed by atoms with Crippen LogP contribution in [-0.4, -0.2) is 51.4 Å². The van der Waals surface area contributed by atoms with E-state index < -0.39 is 5.97 Å². The lowest BCUT2D eigenvalue weighted by molar-refractivity contribution is 0.0338. The van der Waals surface area contributed by atoms with Crippen LogP contribution in [0.3, 0.4) is 0 Å². The number of morpholine rings is 1. The molecular formula is C14H18ClNO4. The molecule has 1 saturated heterocycles. The van der Waals surface area contributed by atoms with E-state index in [-0.39, 0.29) is 0 Å². The summed E-state index contributed by atoms with van der Waals surface area (Å²) in [6.07, 6.45) is 0. The number of methoxy groups -OCH3 is 2. The molecule has 1 aliphatic rings. The van der Waals surface area contributed by atoms with Crippen LogP contribution in [0.2, 0.25) is 5.02 Å². The number of benzene rings is 1. The molecule has 0 bridgehead atoms. The van der Waals surface area contributed by atoms with Gasteiger partial charge in [-0.2, -0.15) is 0 Å². The van der Waals surface area contributed by atoms with Crippen LogP contribution >= 0.6 is 11.6 Å². The molecule has 2 rings (SSSR count). The average Bonchev–Trinajstić information content (AvgIpc) is 2.47. The van der Waals surface area contributed by atoms with Gasteiger partial charge in [-0.15, -0.1) is 0 Å². The van der Waals surface area contributed by atoms with Crippen LogP contribution in [0.15, 0.2) is 12.1 Å². The van der Waals surface area contributed by atoms with Gasteiger partial charge in [0.25, 0.3) is 0 Å². The molecule has 0 aromatic heterocycles. The molecule has 0 radical (unpaired) electrons. The van der Waals surface area contributed by atoms with Crippen molar-refractivity contribution < 1.29 is 19.0 Å². The van der Waals surface area contributed by atoms with Crippen molar-refractivity contribution in [2.45, 2.75) is 6.54 Å². The molecule has 1 heterocycles. The molecule has 110 valence electrons. The maximum atomic E-state index is 11.8. The summed E-state index contributed by atoms with van der Waals surface area (Å²) < 4.78 is 15.5. The van der Waals surface area contributed by atoms with Crippen molar-refractivity contribution in [2.75, 3.05) is 40.5 Å². The Labute approximate surface area is 123 Å². The standard InChI is InChI=1S/C14H18ClNO4/c1-18-13-10(9-16-3-5-20-6-4-16)7-11(15)8-12(13)14(17)19-2/h7-8H,3-6,9H2,1-2H3. The fourth-order valence-corrected chi connectivity index (χ4v) is 2.51. The third-order valence-corrected chi connectivity index (χ3v) is 3.46. The number of nitrogens with zero attached hydrogens (tertiary/aromatic N) is 1. The normalized spacial score (nSPS) is 15.9. The Morgan fingerprint density at radius 2 is 2.05 bits per heavy atom. The second-order valence-electron chi connectivity index (χ2n) is 4.53. The summed E-state index contributed by atoms with van der Waals surface area (Å²) in [5.74, 6) is 0.0697. The van der Waals surface area contributed by atoms with Crippen LogP contribution in [-0.2, 0) is 16.0 Å². The molecule has 6 heteroatoms. The van der Waals surface area contributed by atoms with E-state index in [0.717, 1.165) is 18.7 Å². The van der Waals surface area contributed by atoms with Crippen molar-refractivity contribution >= 4 is 17.6 Å². The molecule has 1 aromatic rings. The third-order valence-electron chi connectivity index (χ3n) is 3.24. The van der Waals surface area contributed by atoms with Crippen molar-refractivity contribution in [2.24, 2.45) is 0 Å². The summed E-state index contributed by atoms with van der Waals surface area (Å²) in [5, 5.41) is 0.495. The van der Waals surface area contributed by atoms with Crippen molar-refractivity contribution in [3.63, 3.8) is 0 Å². The van der Waals surface area contributed by atoms with E-state index in [2.05, 4.69) is 4.90 Å². The Hall–Kier alpha value is -1.30. The van der Waals surface area contributed by atoms with Crippen molar-refractivity contribution in [1.82, 2.24) is 4.90 Å². The van der Waals surface area contributed by atoms with E-state index in [4.69, 9.17) is 25.8 Å². The summed E-state index contributed by atoms with van der Waals surface area (Å²) >= 11 is 6.09. The maximum absolute atomic E-state index is 11.8. The number of rotatable bonds is 4. The van der Waals surface area contributed by atoms with Crippen molar-refractivity contribution in [1.29, 1.82) is 0 Å². The minimum absolute atomic E-state index is 0.353. The summed E-state index contributed by atoms with van der Waals surface area (Å²) in [6.45, 7) is 3.79. The highest BCUT2D eigenvalue weighted by atomic mass is 35.5. The molecule has 0 aliphatic carbocycles. The molecular weight excluding hydrogens is 282 g/mol. The number of carbonyl (C=O) groups excluding carboxylic acids is 1. The first-order chi connectivity index (χ1) is 9.65. The number of hydrogen-bond donors (Lipinski definition) is 0. The van der Waals surface area contributed by atoms with Gasteiger partial charge in [-0.05, 0) is 12.1 Å². The van der Waals surface area contributed by atoms with E-state index in [1.165, 1.54) is 7.11 Å². The van der Waals surface area contributed by atoms with Gasteiger partial charge in [0.05, 0.1) is 27.4 Å². The number of halogens is 1. The number of esters is 1. The number of carbonyl (C=O) groups is 1. The van der Waals surface area contributed by atoms with Gasteiger partial charge in [-0.25, -0.2) is 4.79 Å². The molecule has 5 nitrogen and oxygen atoms in total. The van der Waals surface area contributed by atoms with Crippen LogP contribution in [0, 0.1) is 0 Å². The highest BCUT2D eigenvalue weighted by Gasteiger charge is 2.20. The van der Waals surface area contributed by atoms with E-state index in [1.807, 2.05) is 6.07 Å². The average molecular weight is 300 g/mol. The molecule has 0 atom stereocenters. The molecule has 0 saturated carbocycles. The van der Waals surface area contributed by atoms with Crippen LogP contribution in [0.4, 0.5) is 0 Å². The van der Waals surface area contributed by atoms with Crippen molar-refractivity contribution in [3.05, 3.63) is 28.3 Å². The van der Waals surface area contributed by atoms with E-state index in [1.54, 1.807) is 13.2 Å². The smallest absolute Gasteiger partial charge is 0.341 e. The summed E-state index contributed by atoms with van der Waals surface area (Å²) in [4.78, 5) is 14.0. The van der Waals surface area contributed by atoms with Gasteiger partial charge >= 0.3 is 5.97 Å². The molecule has 0 amide bonds. The van der Waals surface area contributed by atoms with Gasteiger partial charge < -0.3 is 14.2 Å². The molecule has 0 spiro atoms. The third kappa shape index (κ3) is 3.42. The minimum Gasteiger partial charge on any atom is -0.496 e. The predicted molar refractivity (Wildman–Crippen MR) is 75.4 cm³/mol. The van der Waals surface area contributed by atoms with Gasteiger partial charge in [0, 0.05) is 30.2 Å². The molecule has 1 fully saturated rings. The molecule has 0 unspecified atom stereocenters. The summed E-state index contributed by atoms with van der Waals surface area (Å²) in [7, 11) is 2.88. The van der Waals surface area contributed by atoms with Gasteiger partial charge in [-0.1, -0.05) is 11.6 Å². The lowest BCUT2D eigenvalue weighted by Crippen LogP contribution is -2.35. The van der Waals surface area contributed by atoms with Crippen LogP contribution in [0.1, 0.15) is 15.9 Å². The highest BCUT2D eigenvalue weighted by molar-refractivity contribution is 6.31. The molecule has 1 aromatic carbocycles. The maximum Gasteiger partial charge on any atom is 0.341 e. The fraction of sp³-hybridized carbons (Fsp3) is 0.500. The quantitative estimate of drug-likeness (QED) is 0.796. The topological polar surface area (TPSA) is 48.0 Å². The van der Waals surface area contributed by atoms with Gasteiger partial charge in [0.2, 0.25) is 0 Å². The van der Waals surface area contributed by atoms with E-state index in [0.29, 0.717) is 36.1 Å². The zero-order chi connectivity index (χ0) is 14.5. The highest BCUT2D eigenvalue weighted by Crippen LogP contribution is 2.30. The first kappa shape index (κ1) is 15.1. The summed E-state index contributed by atoms with van der Waals surface area (Å²) in [6, 6.07) is 3.39. The Bertz CT molecular complexity index is 486. The van der Waals surface area contributed by atoms with E-state index >= 15 is 0 Å².